The molecule has 1 rings (SSSR count). The second-order valence-corrected chi connectivity index (χ2v) is 3.33. The van der Waals surface area contributed by atoms with Crippen LogP contribution in [-0.4, -0.2) is 39.2 Å². The van der Waals surface area contributed by atoms with Gasteiger partial charge in [-0.05, 0) is 6.42 Å². The van der Waals surface area contributed by atoms with Gasteiger partial charge in [-0.3, -0.25) is 9.59 Å². The second kappa shape index (κ2) is 4.95. The van der Waals surface area contributed by atoms with Gasteiger partial charge in [0, 0.05) is 13.1 Å². The van der Waals surface area contributed by atoms with Gasteiger partial charge in [0.15, 0.2) is 0 Å². The molecule has 0 spiro atoms. The lowest BCUT2D eigenvalue weighted by Crippen LogP contribution is -2.43. The van der Waals surface area contributed by atoms with E-state index >= 15 is 0 Å². The normalized spacial score (nSPS) is 26.7. The van der Waals surface area contributed by atoms with Gasteiger partial charge < -0.3 is 14.8 Å². The topological polar surface area (TPSA) is 64.6 Å². The number of piperidine rings is 1. The van der Waals surface area contributed by atoms with Crippen LogP contribution in [0.4, 0.5) is 0 Å². The number of ether oxygens (including phenoxy) is 2. The summed E-state index contributed by atoms with van der Waals surface area (Å²) in [4.78, 5) is 22.4. The van der Waals surface area contributed by atoms with Crippen molar-refractivity contribution >= 4 is 11.9 Å². The molecular formula is C9H15NO4. The van der Waals surface area contributed by atoms with Crippen molar-refractivity contribution in [3.63, 3.8) is 0 Å². The van der Waals surface area contributed by atoms with Crippen LogP contribution in [0.15, 0.2) is 0 Å². The van der Waals surface area contributed by atoms with E-state index in [0.29, 0.717) is 19.5 Å². The molecule has 0 aliphatic carbocycles. The quantitative estimate of drug-likeness (QED) is 0.613. The van der Waals surface area contributed by atoms with Gasteiger partial charge in [0.2, 0.25) is 0 Å². The van der Waals surface area contributed by atoms with Crippen LogP contribution in [-0.2, 0) is 19.1 Å². The summed E-state index contributed by atoms with van der Waals surface area (Å²) in [5.41, 5.74) is 0. The molecule has 5 heteroatoms. The average Bonchev–Trinajstić information content (AvgIpc) is 2.27. The lowest BCUT2D eigenvalue weighted by atomic mass is 9.90. The molecule has 0 radical (unpaired) electrons. The molecule has 1 heterocycles. The van der Waals surface area contributed by atoms with E-state index in [1.54, 1.807) is 0 Å². The molecule has 0 aromatic rings. The number of rotatable bonds is 2. The van der Waals surface area contributed by atoms with E-state index in [2.05, 4.69) is 14.8 Å². The van der Waals surface area contributed by atoms with E-state index in [9.17, 15) is 9.59 Å². The first-order chi connectivity index (χ1) is 6.69. The largest absolute Gasteiger partial charge is 0.469 e. The minimum Gasteiger partial charge on any atom is -0.469 e. The lowest BCUT2D eigenvalue weighted by Gasteiger charge is -2.26. The summed E-state index contributed by atoms with van der Waals surface area (Å²) in [7, 11) is 2.70. The van der Waals surface area contributed by atoms with Gasteiger partial charge in [-0.2, -0.15) is 0 Å². The van der Waals surface area contributed by atoms with Crippen LogP contribution in [0.3, 0.4) is 0 Å². The third-order valence-electron chi connectivity index (χ3n) is 2.42. The summed E-state index contributed by atoms with van der Waals surface area (Å²) in [6.45, 7) is 1.14. The molecule has 0 saturated carbocycles. The zero-order valence-electron chi connectivity index (χ0n) is 8.41. The van der Waals surface area contributed by atoms with Crippen LogP contribution in [0.2, 0.25) is 0 Å². The summed E-state index contributed by atoms with van der Waals surface area (Å²) >= 11 is 0. The van der Waals surface area contributed by atoms with Crippen LogP contribution in [0.25, 0.3) is 0 Å². The molecule has 80 valence electrons. The summed E-state index contributed by atoms with van der Waals surface area (Å²) in [6, 6.07) is 0. The molecule has 1 aliphatic heterocycles. The van der Waals surface area contributed by atoms with E-state index in [0.717, 1.165) is 0 Å². The van der Waals surface area contributed by atoms with E-state index in [4.69, 9.17) is 0 Å². The number of carbonyl (C=O) groups excluding carboxylic acids is 2. The van der Waals surface area contributed by atoms with Gasteiger partial charge in [0.25, 0.3) is 0 Å². The molecule has 0 aromatic carbocycles. The number of carbonyl (C=O) groups is 2. The van der Waals surface area contributed by atoms with Crippen molar-refractivity contribution in [2.24, 2.45) is 11.8 Å². The molecular weight excluding hydrogens is 186 g/mol. The monoisotopic (exact) mass is 201 g/mol. The van der Waals surface area contributed by atoms with Gasteiger partial charge in [-0.1, -0.05) is 0 Å². The summed E-state index contributed by atoms with van der Waals surface area (Å²) < 4.78 is 9.24. The standard InChI is InChI=1S/C9H15NO4/c1-13-8(11)6-3-7(5-10-4-6)9(12)14-2/h6-7,10H,3-5H2,1-2H3/t6-,7-/m0/s1. The molecule has 1 N–H and O–H groups in total. The van der Waals surface area contributed by atoms with Crippen molar-refractivity contribution in [1.29, 1.82) is 0 Å². The van der Waals surface area contributed by atoms with Gasteiger partial charge in [-0.15, -0.1) is 0 Å². The highest BCUT2D eigenvalue weighted by Gasteiger charge is 2.31. The Morgan fingerprint density at radius 3 is 1.86 bits per heavy atom. The number of hydrogen-bond acceptors (Lipinski definition) is 5. The Morgan fingerprint density at radius 2 is 1.50 bits per heavy atom. The third kappa shape index (κ3) is 2.45. The number of nitrogens with one attached hydrogen (secondary N) is 1. The SMILES string of the molecule is COC(=O)[C@@H]1CNC[C@@H](C(=O)OC)C1. The summed E-state index contributed by atoms with van der Waals surface area (Å²) in [5.74, 6) is -1.02. The van der Waals surface area contributed by atoms with Crippen molar-refractivity contribution in [2.75, 3.05) is 27.3 Å². The zero-order valence-corrected chi connectivity index (χ0v) is 8.41. The van der Waals surface area contributed by atoms with E-state index in [-0.39, 0.29) is 23.8 Å². The predicted molar refractivity (Wildman–Crippen MR) is 48.5 cm³/mol. The van der Waals surface area contributed by atoms with E-state index < -0.39 is 0 Å². The highest BCUT2D eigenvalue weighted by Crippen LogP contribution is 2.18. The highest BCUT2D eigenvalue weighted by molar-refractivity contribution is 5.76. The first kappa shape index (κ1) is 11.0. The number of esters is 2. The van der Waals surface area contributed by atoms with Gasteiger partial charge in [0.1, 0.15) is 0 Å². The first-order valence-electron chi connectivity index (χ1n) is 4.55. The number of hydrogen-bond donors (Lipinski definition) is 1. The Labute approximate surface area is 82.8 Å². The van der Waals surface area contributed by atoms with Gasteiger partial charge >= 0.3 is 11.9 Å². The molecule has 2 atom stereocenters. The van der Waals surface area contributed by atoms with Crippen LogP contribution in [0.1, 0.15) is 6.42 Å². The molecule has 0 aromatic heterocycles. The van der Waals surface area contributed by atoms with Crippen molar-refractivity contribution in [1.82, 2.24) is 5.32 Å². The predicted octanol–water partition coefficient (Wildman–Crippen LogP) is -0.442. The third-order valence-corrected chi connectivity index (χ3v) is 2.42. The Balaban J connectivity index is 2.51. The molecule has 1 saturated heterocycles. The van der Waals surface area contributed by atoms with Crippen LogP contribution >= 0.6 is 0 Å². The maximum Gasteiger partial charge on any atom is 0.309 e. The van der Waals surface area contributed by atoms with E-state index in [1.165, 1.54) is 14.2 Å². The molecule has 1 aliphatic rings. The van der Waals surface area contributed by atoms with Crippen molar-refractivity contribution in [2.45, 2.75) is 6.42 Å². The fourth-order valence-corrected chi connectivity index (χ4v) is 1.63. The Bertz CT molecular complexity index is 207. The fourth-order valence-electron chi connectivity index (χ4n) is 1.63. The molecule has 5 nitrogen and oxygen atoms in total. The maximum atomic E-state index is 11.2. The molecule has 1 fully saturated rings. The van der Waals surface area contributed by atoms with Crippen molar-refractivity contribution in [3.8, 4) is 0 Å². The first-order valence-corrected chi connectivity index (χ1v) is 4.55. The van der Waals surface area contributed by atoms with Crippen LogP contribution in [0, 0.1) is 11.8 Å². The summed E-state index contributed by atoms with van der Waals surface area (Å²) in [5, 5.41) is 3.01. The number of methoxy groups -OCH3 is 2. The second-order valence-electron chi connectivity index (χ2n) is 3.33. The lowest BCUT2D eigenvalue weighted by molar-refractivity contribution is -0.150. The fraction of sp³-hybridized carbons (Fsp3) is 0.778. The van der Waals surface area contributed by atoms with Crippen molar-refractivity contribution in [3.05, 3.63) is 0 Å². The maximum absolute atomic E-state index is 11.2. The Morgan fingerprint density at radius 1 is 1.07 bits per heavy atom. The van der Waals surface area contributed by atoms with Gasteiger partial charge in [0.05, 0.1) is 26.1 Å². The minimum absolute atomic E-state index is 0.238. The average molecular weight is 201 g/mol. The summed E-state index contributed by atoms with van der Waals surface area (Å²) in [6.07, 6.45) is 0.506. The highest BCUT2D eigenvalue weighted by atomic mass is 16.5. The van der Waals surface area contributed by atoms with Gasteiger partial charge in [-0.25, -0.2) is 0 Å². The Kier molecular flexibility index (Phi) is 3.88. The van der Waals surface area contributed by atoms with Crippen molar-refractivity contribution < 1.29 is 19.1 Å². The molecule has 0 unspecified atom stereocenters. The Hall–Kier alpha value is -1.10. The minimum atomic E-state index is -0.272. The molecule has 0 amide bonds. The van der Waals surface area contributed by atoms with E-state index in [1.807, 2.05) is 0 Å². The van der Waals surface area contributed by atoms with Crippen LogP contribution < -0.4 is 5.32 Å². The smallest absolute Gasteiger partial charge is 0.309 e. The van der Waals surface area contributed by atoms with Crippen LogP contribution in [0.5, 0.6) is 0 Å². The molecule has 14 heavy (non-hydrogen) atoms. The molecule has 0 bridgehead atoms. The zero-order chi connectivity index (χ0) is 10.6.